The van der Waals surface area contributed by atoms with Gasteiger partial charge in [0.2, 0.25) is 0 Å². The summed E-state index contributed by atoms with van der Waals surface area (Å²) in [7, 11) is 0. The van der Waals surface area contributed by atoms with Crippen LogP contribution in [0, 0.1) is 6.92 Å². The predicted molar refractivity (Wildman–Crippen MR) is 76.0 cm³/mol. The standard InChI is InChI=1S/C14H14Cl2N2/c1-10-7-17-5-4-12(10)9-18-8-11-2-3-13(15)14(16)6-11/h2-7,18H,8-9H2,1H3. The Kier molecular flexibility index (Phi) is 4.59. The number of pyridine rings is 1. The van der Waals surface area contributed by atoms with Crippen LogP contribution in [0.1, 0.15) is 16.7 Å². The van der Waals surface area contributed by atoms with Gasteiger partial charge in [-0.3, -0.25) is 4.98 Å². The van der Waals surface area contributed by atoms with E-state index in [-0.39, 0.29) is 0 Å². The van der Waals surface area contributed by atoms with Gasteiger partial charge in [0.25, 0.3) is 0 Å². The van der Waals surface area contributed by atoms with E-state index in [0.29, 0.717) is 10.0 Å². The van der Waals surface area contributed by atoms with Crippen molar-refractivity contribution in [2.75, 3.05) is 0 Å². The monoisotopic (exact) mass is 280 g/mol. The first-order valence-electron chi connectivity index (χ1n) is 5.71. The molecular formula is C14H14Cl2N2. The molecule has 2 rings (SSSR count). The average Bonchev–Trinajstić information content (AvgIpc) is 2.36. The van der Waals surface area contributed by atoms with E-state index in [1.54, 1.807) is 0 Å². The molecule has 1 heterocycles. The highest BCUT2D eigenvalue weighted by Crippen LogP contribution is 2.22. The molecule has 1 N–H and O–H groups in total. The van der Waals surface area contributed by atoms with Gasteiger partial charge in [-0.15, -0.1) is 0 Å². The van der Waals surface area contributed by atoms with Crippen molar-refractivity contribution in [2.24, 2.45) is 0 Å². The minimum absolute atomic E-state index is 0.588. The van der Waals surface area contributed by atoms with Gasteiger partial charge < -0.3 is 5.32 Å². The minimum Gasteiger partial charge on any atom is -0.309 e. The second kappa shape index (κ2) is 6.19. The van der Waals surface area contributed by atoms with Crippen molar-refractivity contribution in [3.05, 3.63) is 63.4 Å². The molecule has 0 unspecified atom stereocenters. The normalized spacial score (nSPS) is 10.6. The highest BCUT2D eigenvalue weighted by atomic mass is 35.5. The summed E-state index contributed by atoms with van der Waals surface area (Å²) >= 11 is 11.8. The summed E-state index contributed by atoms with van der Waals surface area (Å²) in [4.78, 5) is 4.07. The first-order chi connectivity index (χ1) is 8.66. The summed E-state index contributed by atoms with van der Waals surface area (Å²) in [6, 6.07) is 7.70. The molecule has 1 aromatic heterocycles. The maximum Gasteiger partial charge on any atom is 0.0595 e. The van der Waals surface area contributed by atoms with Gasteiger partial charge in [0.05, 0.1) is 10.0 Å². The van der Waals surface area contributed by atoms with Crippen LogP contribution in [0.3, 0.4) is 0 Å². The molecule has 0 fully saturated rings. The Hall–Kier alpha value is -1.09. The van der Waals surface area contributed by atoms with E-state index in [9.17, 15) is 0 Å². The summed E-state index contributed by atoms with van der Waals surface area (Å²) < 4.78 is 0. The number of nitrogens with one attached hydrogen (secondary N) is 1. The van der Waals surface area contributed by atoms with Crippen LogP contribution in [0.25, 0.3) is 0 Å². The van der Waals surface area contributed by atoms with Crippen LogP contribution in [-0.4, -0.2) is 4.98 Å². The summed E-state index contributed by atoms with van der Waals surface area (Å²) in [6.45, 7) is 3.64. The molecule has 0 saturated heterocycles. The third-order valence-electron chi connectivity index (χ3n) is 2.77. The number of halogens is 2. The second-order valence-electron chi connectivity index (χ2n) is 4.15. The smallest absolute Gasteiger partial charge is 0.0595 e. The topological polar surface area (TPSA) is 24.9 Å². The maximum absolute atomic E-state index is 5.97. The number of aryl methyl sites for hydroxylation is 1. The van der Waals surface area contributed by atoms with Crippen molar-refractivity contribution in [1.29, 1.82) is 0 Å². The van der Waals surface area contributed by atoms with E-state index < -0.39 is 0 Å². The van der Waals surface area contributed by atoms with E-state index in [4.69, 9.17) is 23.2 Å². The molecule has 2 nitrogen and oxygen atoms in total. The number of hydrogen-bond acceptors (Lipinski definition) is 2. The van der Waals surface area contributed by atoms with Crippen LogP contribution < -0.4 is 5.32 Å². The summed E-state index contributed by atoms with van der Waals surface area (Å²) in [5.41, 5.74) is 3.57. The van der Waals surface area contributed by atoms with Crippen LogP contribution in [0.4, 0.5) is 0 Å². The van der Waals surface area contributed by atoms with Crippen molar-refractivity contribution in [3.63, 3.8) is 0 Å². The van der Waals surface area contributed by atoms with Crippen molar-refractivity contribution in [2.45, 2.75) is 20.0 Å². The first kappa shape index (κ1) is 13.3. The molecule has 0 aliphatic carbocycles. The molecule has 0 amide bonds. The van der Waals surface area contributed by atoms with E-state index in [1.807, 2.05) is 36.7 Å². The zero-order chi connectivity index (χ0) is 13.0. The molecule has 0 radical (unpaired) electrons. The Morgan fingerprint density at radius 1 is 1.11 bits per heavy atom. The molecule has 1 aromatic carbocycles. The Morgan fingerprint density at radius 2 is 1.94 bits per heavy atom. The average molecular weight is 281 g/mol. The van der Waals surface area contributed by atoms with Gasteiger partial charge in [0, 0.05) is 25.5 Å². The van der Waals surface area contributed by atoms with Gasteiger partial charge in [-0.2, -0.15) is 0 Å². The lowest BCUT2D eigenvalue weighted by Crippen LogP contribution is -2.13. The number of hydrogen-bond donors (Lipinski definition) is 1. The van der Waals surface area contributed by atoms with E-state index in [1.165, 1.54) is 11.1 Å². The van der Waals surface area contributed by atoms with E-state index in [2.05, 4.69) is 17.2 Å². The van der Waals surface area contributed by atoms with Crippen molar-refractivity contribution >= 4 is 23.2 Å². The highest BCUT2D eigenvalue weighted by Gasteiger charge is 2.00. The molecule has 0 bridgehead atoms. The Morgan fingerprint density at radius 3 is 2.67 bits per heavy atom. The second-order valence-corrected chi connectivity index (χ2v) is 4.97. The molecular weight excluding hydrogens is 267 g/mol. The Labute approximate surface area is 117 Å². The lowest BCUT2D eigenvalue weighted by atomic mass is 10.1. The SMILES string of the molecule is Cc1cnccc1CNCc1ccc(Cl)c(Cl)c1. The zero-order valence-electron chi connectivity index (χ0n) is 10.1. The molecule has 94 valence electrons. The molecule has 0 aliphatic heterocycles. The predicted octanol–water partition coefficient (Wildman–Crippen LogP) is 3.99. The molecule has 0 spiro atoms. The van der Waals surface area contributed by atoms with Gasteiger partial charge in [-0.25, -0.2) is 0 Å². The van der Waals surface area contributed by atoms with Crippen molar-refractivity contribution < 1.29 is 0 Å². The lowest BCUT2D eigenvalue weighted by Gasteiger charge is -2.08. The molecule has 0 atom stereocenters. The number of rotatable bonds is 4. The third-order valence-corrected chi connectivity index (χ3v) is 3.50. The Bertz CT molecular complexity index is 541. The lowest BCUT2D eigenvalue weighted by molar-refractivity contribution is 0.690. The van der Waals surface area contributed by atoms with Gasteiger partial charge in [-0.05, 0) is 41.8 Å². The third kappa shape index (κ3) is 3.45. The zero-order valence-corrected chi connectivity index (χ0v) is 11.6. The molecule has 18 heavy (non-hydrogen) atoms. The molecule has 0 aliphatic rings. The van der Waals surface area contributed by atoms with Crippen LogP contribution in [-0.2, 0) is 13.1 Å². The van der Waals surface area contributed by atoms with E-state index >= 15 is 0 Å². The van der Waals surface area contributed by atoms with Gasteiger partial charge in [-0.1, -0.05) is 29.3 Å². The van der Waals surface area contributed by atoms with Gasteiger partial charge in [0.15, 0.2) is 0 Å². The van der Waals surface area contributed by atoms with Crippen LogP contribution in [0.15, 0.2) is 36.7 Å². The largest absolute Gasteiger partial charge is 0.309 e. The number of nitrogens with zero attached hydrogens (tertiary/aromatic N) is 1. The Balaban J connectivity index is 1.92. The van der Waals surface area contributed by atoms with Crippen LogP contribution in [0.5, 0.6) is 0 Å². The number of aromatic nitrogens is 1. The molecule has 0 saturated carbocycles. The highest BCUT2D eigenvalue weighted by molar-refractivity contribution is 6.42. The molecule has 2 aromatic rings. The summed E-state index contributed by atoms with van der Waals surface area (Å²) in [5.74, 6) is 0. The fourth-order valence-electron chi connectivity index (χ4n) is 1.69. The maximum atomic E-state index is 5.97. The van der Waals surface area contributed by atoms with Crippen LogP contribution >= 0.6 is 23.2 Å². The fourth-order valence-corrected chi connectivity index (χ4v) is 2.01. The van der Waals surface area contributed by atoms with Crippen molar-refractivity contribution in [1.82, 2.24) is 10.3 Å². The number of benzene rings is 1. The minimum atomic E-state index is 0.588. The quantitative estimate of drug-likeness (QED) is 0.916. The van der Waals surface area contributed by atoms with Gasteiger partial charge >= 0.3 is 0 Å². The first-order valence-corrected chi connectivity index (χ1v) is 6.46. The fraction of sp³-hybridized carbons (Fsp3) is 0.214. The summed E-state index contributed by atoms with van der Waals surface area (Å²) in [5, 5.41) is 4.56. The summed E-state index contributed by atoms with van der Waals surface area (Å²) in [6.07, 6.45) is 3.68. The van der Waals surface area contributed by atoms with Crippen molar-refractivity contribution in [3.8, 4) is 0 Å². The van der Waals surface area contributed by atoms with E-state index in [0.717, 1.165) is 18.7 Å². The van der Waals surface area contributed by atoms with Crippen LogP contribution in [0.2, 0.25) is 10.0 Å². The van der Waals surface area contributed by atoms with Gasteiger partial charge in [0.1, 0.15) is 0 Å². The molecule has 4 heteroatoms.